The van der Waals surface area contributed by atoms with Crippen LogP contribution in [-0.2, 0) is 0 Å². The Bertz CT molecular complexity index is 171. The predicted molar refractivity (Wildman–Crippen MR) is 58.8 cm³/mol. The lowest BCUT2D eigenvalue weighted by molar-refractivity contribution is 0.859. The van der Waals surface area contributed by atoms with Crippen LogP contribution >= 0.6 is 11.9 Å². The Balaban J connectivity index is 4.09. The van der Waals surface area contributed by atoms with Gasteiger partial charge in [0.1, 0.15) is 0 Å². The Morgan fingerprint density at radius 1 is 1.33 bits per heavy atom. The SMILES string of the molecule is CCCC(=CC=C(C)SN)CC. The fourth-order valence-electron chi connectivity index (χ4n) is 0.974. The van der Waals surface area contributed by atoms with Crippen LogP contribution in [0.15, 0.2) is 22.6 Å². The third kappa shape index (κ3) is 5.44. The fourth-order valence-corrected chi connectivity index (χ4v) is 1.12. The first-order valence-electron chi connectivity index (χ1n) is 4.47. The summed E-state index contributed by atoms with van der Waals surface area (Å²) in [7, 11) is 0. The van der Waals surface area contributed by atoms with Crippen LogP contribution < -0.4 is 5.14 Å². The van der Waals surface area contributed by atoms with E-state index in [1.165, 1.54) is 30.4 Å². The van der Waals surface area contributed by atoms with E-state index in [9.17, 15) is 0 Å². The Morgan fingerprint density at radius 2 is 2.00 bits per heavy atom. The van der Waals surface area contributed by atoms with Gasteiger partial charge in [-0.25, -0.2) is 0 Å². The maximum Gasteiger partial charge on any atom is -0.00300 e. The molecule has 0 rings (SSSR count). The first-order valence-corrected chi connectivity index (χ1v) is 5.35. The minimum atomic E-state index is 1.15. The van der Waals surface area contributed by atoms with Crippen molar-refractivity contribution in [3.8, 4) is 0 Å². The zero-order chi connectivity index (χ0) is 9.40. The van der Waals surface area contributed by atoms with E-state index >= 15 is 0 Å². The molecule has 0 radical (unpaired) electrons. The second-order valence-corrected chi connectivity index (χ2v) is 3.70. The van der Waals surface area contributed by atoms with Crippen molar-refractivity contribution in [3.63, 3.8) is 0 Å². The van der Waals surface area contributed by atoms with Crippen molar-refractivity contribution in [1.29, 1.82) is 0 Å². The Morgan fingerprint density at radius 3 is 2.42 bits per heavy atom. The molecule has 0 heterocycles. The number of rotatable bonds is 5. The van der Waals surface area contributed by atoms with Crippen molar-refractivity contribution in [2.24, 2.45) is 5.14 Å². The molecule has 0 saturated heterocycles. The summed E-state index contributed by atoms with van der Waals surface area (Å²) in [6.45, 7) is 6.43. The Labute approximate surface area is 80.2 Å². The van der Waals surface area contributed by atoms with Crippen LogP contribution in [0, 0.1) is 0 Å². The highest BCUT2D eigenvalue weighted by atomic mass is 32.2. The zero-order valence-electron chi connectivity index (χ0n) is 8.26. The van der Waals surface area contributed by atoms with Crippen molar-refractivity contribution in [1.82, 2.24) is 0 Å². The summed E-state index contributed by atoms with van der Waals surface area (Å²) in [5.41, 5.74) is 1.51. The minimum Gasteiger partial charge on any atom is -0.274 e. The van der Waals surface area contributed by atoms with Crippen molar-refractivity contribution in [2.45, 2.75) is 40.0 Å². The highest BCUT2D eigenvalue weighted by molar-refractivity contribution is 8.00. The monoisotopic (exact) mass is 185 g/mol. The molecule has 0 aliphatic carbocycles. The minimum absolute atomic E-state index is 1.15. The second kappa shape index (κ2) is 7.44. The molecule has 0 aromatic heterocycles. The molecule has 0 amide bonds. The average molecular weight is 185 g/mol. The highest BCUT2D eigenvalue weighted by Crippen LogP contribution is 2.12. The van der Waals surface area contributed by atoms with Gasteiger partial charge in [0.25, 0.3) is 0 Å². The zero-order valence-corrected chi connectivity index (χ0v) is 9.08. The summed E-state index contributed by atoms with van der Waals surface area (Å²) in [5, 5.41) is 5.39. The van der Waals surface area contributed by atoms with Crippen molar-refractivity contribution >= 4 is 11.9 Å². The molecule has 0 aromatic carbocycles. The molecule has 70 valence electrons. The van der Waals surface area contributed by atoms with Gasteiger partial charge in [0.15, 0.2) is 0 Å². The van der Waals surface area contributed by atoms with E-state index in [-0.39, 0.29) is 0 Å². The van der Waals surface area contributed by atoms with Gasteiger partial charge in [-0.3, -0.25) is 5.14 Å². The molecule has 0 unspecified atom stereocenters. The first kappa shape index (κ1) is 11.8. The largest absolute Gasteiger partial charge is 0.274 e. The van der Waals surface area contributed by atoms with Crippen LogP contribution in [0.3, 0.4) is 0 Å². The molecule has 0 atom stereocenters. The molecule has 0 saturated carbocycles. The van der Waals surface area contributed by atoms with Crippen molar-refractivity contribution in [3.05, 3.63) is 22.6 Å². The lowest BCUT2D eigenvalue weighted by Gasteiger charge is -1.99. The van der Waals surface area contributed by atoms with Gasteiger partial charge in [-0.15, -0.1) is 0 Å². The summed E-state index contributed by atoms with van der Waals surface area (Å²) in [5.74, 6) is 0. The standard InChI is InChI=1S/C10H19NS/c1-4-6-10(5-2)8-7-9(3)12-11/h7-8H,4-6,11H2,1-3H3. The first-order chi connectivity index (χ1) is 5.74. The van der Waals surface area contributed by atoms with Crippen LogP contribution in [-0.4, -0.2) is 0 Å². The van der Waals surface area contributed by atoms with Gasteiger partial charge in [-0.2, -0.15) is 0 Å². The second-order valence-electron chi connectivity index (χ2n) is 2.82. The van der Waals surface area contributed by atoms with E-state index in [4.69, 9.17) is 5.14 Å². The smallest absolute Gasteiger partial charge is 0.00300 e. The summed E-state index contributed by atoms with van der Waals surface area (Å²) in [6, 6.07) is 0. The maximum absolute atomic E-state index is 5.39. The highest BCUT2D eigenvalue weighted by Gasteiger charge is 1.90. The normalized spacial score (nSPS) is 13.7. The molecule has 0 aliphatic rings. The third-order valence-corrected chi connectivity index (χ3v) is 2.27. The van der Waals surface area contributed by atoms with Crippen LogP contribution in [0.5, 0.6) is 0 Å². The number of nitrogens with two attached hydrogens (primary N) is 1. The van der Waals surface area contributed by atoms with Crippen LogP contribution in [0.1, 0.15) is 40.0 Å². The number of allylic oxidation sites excluding steroid dienone is 4. The summed E-state index contributed by atoms with van der Waals surface area (Å²) in [4.78, 5) is 1.16. The topological polar surface area (TPSA) is 26.0 Å². The third-order valence-electron chi connectivity index (χ3n) is 1.76. The summed E-state index contributed by atoms with van der Waals surface area (Å²) < 4.78 is 0. The van der Waals surface area contributed by atoms with Gasteiger partial charge in [-0.1, -0.05) is 49.9 Å². The van der Waals surface area contributed by atoms with Gasteiger partial charge < -0.3 is 0 Å². The summed E-state index contributed by atoms with van der Waals surface area (Å²) >= 11 is 1.31. The van der Waals surface area contributed by atoms with E-state index in [0.29, 0.717) is 0 Å². The average Bonchev–Trinajstić information content (AvgIpc) is 2.11. The maximum atomic E-state index is 5.39. The van der Waals surface area contributed by atoms with E-state index in [2.05, 4.69) is 26.0 Å². The molecule has 0 aliphatic heterocycles. The molecule has 2 heteroatoms. The lowest BCUT2D eigenvalue weighted by atomic mass is 10.1. The molecule has 0 spiro atoms. The van der Waals surface area contributed by atoms with Gasteiger partial charge in [0.2, 0.25) is 0 Å². The molecule has 0 aromatic rings. The van der Waals surface area contributed by atoms with Crippen LogP contribution in [0.25, 0.3) is 0 Å². The Kier molecular flexibility index (Phi) is 7.31. The Hall–Kier alpha value is -0.210. The lowest BCUT2D eigenvalue weighted by Crippen LogP contribution is -1.80. The molecule has 0 bridgehead atoms. The fraction of sp³-hybridized carbons (Fsp3) is 0.600. The van der Waals surface area contributed by atoms with E-state index in [1.807, 2.05) is 6.92 Å². The van der Waals surface area contributed by atoms with Gasteiger partial charge in [0, 0.05) is 0 Å². The molecular formula is C10H19NS. The molecule has 12 heavy (non-hydrogen) atoms. The summed E-state index contributed by atoms with van der Waals surface area (Å²) in [6.07, 6.45) is 7.86. The molecular weight excluding hydrogens is 166 g/mol. The quantitative estimate of drug-likeness (QED) is 0.523. The molecule has 2 N–H and O–H groups in total. The van der Waals surface area contributed by atoms with Gasteiger partial charge >= 0.3 is 0 Å². The predicted octanol–water partition coefficient (Wildman–Crippen LogP) is 3.63. The van der Waals surface area contributed by atoms with E-state index in [0.717, 1.165) is 11.3 Å². The van der Waals surface area contributed by atoms with Crippen molar-refractivity contribution < 1.29 is 0 Å². The van der Waals surface area contributed by atoms with Crippen LogP contribution in [0.2, 0.25) is 0 Å². The molecule has 1 nitrogen and oxygen atoms in total. The van der Waals surface area contributed by atoms with Gasteiger partial charge in [-0.05, 0) is 24.7 Å². The van der Waals surface area contributed by atoms with Crippen molar-refractivity contribution in [2.75, 3.05) is 0 Å². The number of hydrogen-bond acceptors (Lipinski definition) is 2. The van der Waals surface area contributed by atoms with E-state index < -0.39 is 0 Å². The van der Waals surface area contributed by atoms with Crippen LogP contribution in [0.4, 0.5) is 0 Å². The van der Waals surface area contributed by atoms with Gasteiger partial charge in [0.05, 0.1) is 0 Å². The number of hydrogen-bond donors (Lipinski definition) is 1. The van der Waals surface area contributed by atoms with E-state index in [1.54, 1.807) is 0 Å². The molecule has 0 fully saturated rings.